The van der Waals surface area contributed by atoms with Crippen LogP contribution in [-0.2, 0) is 16.0 Å². The fourth-order valence-electron chi connectivity index (χ4n) is 3.40. The van der Waals surface area contributed by atoms with Gasteiger partial charge in [-0.1, -0.05) is 64.2 Å². The maximum Gasteiger partial charge on any atom is 0.229 e. The molecule has 0 aromatic carbocycles. The summed E-state index contributed by atoms with van der Waals surface area (Å²) in [6.45, 7) is 7.38. The number of nitrogens with one attached hydrogen (secondary N) is 1. The molecule has 0 unspecified atom stereocenters. The molecular formula is C20H34N4O2S. The van der Waals surface area contributed by atoms with Crippen molar-refractivity contribution >= 4 is 28.3 Å². The lowest BCUT2D eigenvalue weighted by molar-refractivity contribution is -0.137. The van der Waals surface area contributed by atoms with Crippen LogP contribution >= 0.6 is 11.3 Å². The van der Waals surface area contributed by atoms with Gasteiger partial charge in [0.15, 0.2) is 0 Å². The van der Waals surface area contributed by atoms with Gasteiger partial charge in [0.05, 0.1) is 0 Å². The van der Waals surface area contributed by atoms with E-state index in [2.05, 4.69) is 22.4 Å². The molecule has 0 aliphatic carbocycles. The quantitative estimate of drug-likeness (QED) is 0.601. The minimum Gasteiger partial charge on any atom is -0.342 e. The van der Waals surface area contributed by atoms with Crippen molar-refractivity contribution in [2.24, 2.45) is 11.8 Å². The number of hydrogen-bond donors (Lipinski definition) is 1. The van der Waals surface area contributed by atoms with Crippen molar-refractivity contribution in [3.05, 3.63) is 5.01 Å². The molecular weight excluding hydrogens is 360 g/mol. The van der Waals surface area contributed by atoms with Crippen molar-refractivity contribution in [2.75, 3.05) is 18.4 Å². The minimum atomic E-state index is -0.0490. The van der Waals surface area contributed by atoms with Gasteiger partial charge in [-0.15, -0.1) is 10.2 Å². The van der Waals surface area contributed by atoms with E-state index >= 15 is 0 Å². The van der Waals surface area contributed by atoms with Gasteiger partial charge < -0.3 is 10.2 Å². The summed E-state index contributed by atoms with van der Waals surface area (Å²) in [4.78, 5) is 26.4. The standard InChI is InChI=1S/C20H34N4O2S/c1-4-5-6-7-8-9-10-17-22-23-20(27-17)21-18(25)16-11-13-24(14-12-16)19(26)15(2)3/h15-16H,4-14H2,1-3H3,(H,21,23,25). The Balaban J connectivity index is 1.69. The number of nitrogens with zero attached hydrogens (tertiary/aromatic N) is 3. The van der Waals surface area contributed by atoms with E-state index in [0.29, 0.717) is 31.1 Å². The molecule has 7 heteroatoms. The number of hydrogen-bond acceptors (Lipinski definition) is 5. The van der Waals surface area contributed by atoms with Crippen LogP contribution < -0.4 is 5.32 Å². The number of amides is 2. The van der Waals surface area contributed by atoms with Crippen molar-refractivity contribution in [3.8, 4) is 0 Å². The van der Waals surface area contributed by atoms with Gasteiger partial charge in [-0.3, -0.25) is 9.59 Å². The first-order valence-electron chi connectivity index (χ1n) is 10.4. The lowest BCUT2D eigenvalue weighted by Crippen LogP contribution is -2.43. The van der Waals surface area contributed by atoms with Gasteiger partial charge in [0.25, 0.3) is 0 Å². The van der Waals surface area contributed by atoms with Gasteiger partial charge in [0.1, 0.15) is 5.01 Å². The third-order valence-electron chi connectivity index (χ3n) is 5.11. The average Bonchev–Trinajstić information content (AvgIpc) is 3.11. The van der Waals surface area contributed by atoms with Gasteiger partial charge in [-0.2, -0.15) is 0 Å². The van der Waals surface area contributed by atoms with E-state index in [1.165, 1.54) is 43.4 Å². The summed E-state index contributed by atoms with van der Waals surface area (Å²) >= 11 is 1.48. The molecule has 0 bridgehead atoms. The Morgan fingerprint density at radius 1 is 1.11 bits per heavy atom. The molecule has 1 N–H and O–H groups in total. The van der Waals surface area contributed by atoms with E-state index in [1.54, 1.807) is 0 Å². The lowest BCUT2D eigenvalue weighted by atomic mass is 9.95. The molecule has 0 radical (unpaired) electrons. The second kappa shape index (κ2) is 11.4. The molecule has 1 aliphatic heterocycles. The largest absolute Gasteiger partial charge is 0.342 e. The molecule has 6 nitrogen and oxygen atoms in total. The zero-order valence-corrected chi connectivity index (χ0v) is 17.8. The van der Waals surface area contributed by atoms with Crippen molar-refractivity contribution in [1.82, 2.24) is 15.1 Å². The number of aromatic nitrogens is 2. The van der Waals surface area contributed by atoms with Crippen LogP contribution in [0.15, 0.2) is 0 Å². The Hall–Kier alpha value is -1.50. The third kappa shape index (κ3) is 7.20. The van der Waals surface area contributed by atoms with E-state index < -0.39 is 0 Å². The molecule has 2 rings (SSSR count). The van der Waals surface area contributed by atoms with Crippen LogP contribution in [0.5, 0.6) is 0 Å². The summed E-state index contributed by atoms with van der Waals surface area (Å²) in [7, 11) is 0. The summed E-state index contributed by atoms with van der Waals surface area (Å²) in [6.07, 6.45) is 9.93. The Morgan fingerprint density at radius 3 is 2.44 bits per heavy atom. The third-order valence-corrected chi connectivity index (χ3v) is 6.01. The maximum atomic E-state index is 12.5. The number of aryl methyl sites for hydroxylation is 1. The van der Waals surface area contributed by atoms with E-state index in [9.17, 15) is 9.59 Å². The minimum absolute atomic E-state index is 0.00825. The molecule has 0 spiro atoms. The second-order valence-corrected chi connectivity index (χ2v) is 8.82. The van der Waals surface area contributed by atoms with Gasteiger partial charge in [0.2, 0.25) is 16.9 Å². The van der Waals surface area contributed by atoms with Crippen molar-refractivity contribution < 1.29 is 9.59 Å². The van der Waals surface area contributed by atoms with Crippen LogP contribution in [0.2, 0.25) is 0 Å². The molecule has 1 saturated heterocycles. The number of anilines is 1. The number of unbranched alkanes of at least 4 members (excludes halogenated alkanes) is 5. The molecule has 152 valence electrons. The highest BCUT2D eigenvalue weighted by Gasteiger charge is 2.28. The van der Waals surface area contributed by atoms with E-state index in [-0.39, 0.29) is 23.7 Å². The van der Waals surface area contributed by atoms with Crippen molar-refractivity contribution in [1.29, 1.82) is 0 Å². The topological polar surface area (TPSA) is 75.2 Å². The summed E-state index contributed by atoms with van der Waals surface area (Å²) in [6, 6.07) is 0. The highest BCUT2D eigenvalue weighted by molar-refractivity contribution is 7.15. The van der Waals surface area contributed by atoms with Gasteiger partial charge in [0, 0.05) is 31.3 Å². The number of piperidine rings is 1. The first-order chi connectivity index (χ1) is 13.0. The van der Waals surface area contributed by atoms with Crippen LogP contribution in [0.4, 0.5) is 5.13 Å². The Morgan fingerprint density at radius 2 is 1.78 bits per heavy atom. The first-order valence-corrected chi connectivity index (χ1v) is 11.2. The predicted molar refractivity (Wildman–Crippen MR) is 110 cm³/mol. The Labute approximate surface area is 167 Å². The molecule has 27 heavy (non-hydrogen) atoms. The zero-order chi connectivity index (χ0) is 19.6. The summed E-state index contributed by atoms with van der Waals surface area (Å²) in [5.41, 5.74) is 0. The summed E-state index contributed by atoms with van der Waals surface area (Å²) < 4.78 is 0. The highest BCUT2D eigenvalue weighted by Crippen LogP contribution is 2.23. The predicted octanol–water partition coefficient (Wildman–Crippen LogP) is 4.27. The number of likely N-dealkylation sites (tertiary alicyclic amines) is 1. The fraction of sp³-hybridized carbons (Fsp3) is 0.800. The number of carbonyl (C=O) groups excluding carboxylic acids is 2. The maximum absolute atomic E-state index is 12.5. The molecule has 1 aliphatic rings. The van der Waals surface area contributed by atoms with Gasteiger partial charge in [-0.25, -0.2) is 0 Å². The monoisotopic (exact) mass is 394 g/mol. The van der Waals surface area contributed by atoms with Gasteiger partial charge >= 0.3 is 0 Å². The molecule has 1 fully saturated rings. The van der Waals surface area contributed by atoms with Crippen LogP contribution in [0.25, 0.3) is 0 Å². The first kappa shape index (κ1) is 21.8. The van der Waals surface area contributed by atoms with E-state index in [1.807, 2.05) is 18.7 Å². The van der Waals surface area contributed by atoms with Crippen molar-refractivity contribution in [3.63, 3.8) is 0 Å². The van der Waals surface area contributed by atoms with E-state index in [4.69, 9.17) is 0 Å². The SMILES string of the molecule is CCCCCCCCc1nnc(NC(=O)C2CCN(C(=O)C(C)C)CC2)s1. The van der Waals surface area contributed by atoms with Crippen LogP contribution in [0.3, 0.4) is 0 Å². The zero-order valence-electron chi connectivity index (χ0n) is 17.0. The molecule has 0 atom stereocenters. The Kier molecular flexibility index (Phi) is 9.18. The fourth-order valence-corrected chi connectivity index (χ4v) is 4.18. The van der Waals surface area contributed by atoms with Crippen LogP contribution in [0, 0.1) is 11.8 Å². The van der Waals surface area contributed by atoms with Gasteiger partial charge in [-0.05, 0) is 19.3 Å². The summed E-state index contributed by atoms with van der Waals surface area (Å²) in [5.74, 6) is 0.153. The molecule has 2 heterocycles. The van der Waals surface area contributed by atoms with E-state index in [0.717, 1.165) is 17.8 Å². The average molecular weight is 395 g/mol. The Bertz CT molecular complexity index is 595. The normalized spacial score (nSPS) is 15.3. The molecule has 1 aromatic heterocycles. The smallest absolute Gasteiger partial charge is 0.229 e. The van der Waals surface area contributed by atoms with Crippen molar-refractivity contribution in [2.45, 2.75) is 78.6 Å². The second-order valence-electron chi connectivity index (χ2n) is 7.76. The molecule has 1 aromatic rings. The number of carbonyl (C=O) groups is 2. The molecule has 2 amide bonds. The molecule has 0 saturated carbocycles. The highest BCUT2D eigenvalue weighted by atomic mass is 32.1. The van der Waals surface area contributed by atoms with Crippen LogP contribution in [-0.4, -0.2) is 40.0 Å². The lowest BCUT2D eigenvalue weighted by Gasteiger charge is -2.32. The summed E-state index contributed by atoms with van der Waals surface area (Å²) in [5, 5.41) is 12.8. The van der Waals surface area contributed by atoms with Crippen LogP contribution in [0.1, 0.15) is 77.1 Å². The number of rotatable bonds is 10.